The van der Waals surface area contributed by atoms with E-state index in [0.29, 0.717) is 12.0 Å². The van der Waals surface area contributed by atoms with Gasteiger partial charge in [-0.2, -0.15) is 4.98 Å². The van der Waals surface area contributed by atoms with E-state index in [1.54, 1.807) is 0 Å². The van der Waals surface area contributed by atoms with Crippen LogP contribution in [0.5, 0.6) is 0 Å². The molecule has 0 amide bonds. The van der Waals surface area contributed by atoms with Crippen LogP contribution < -0.4 is 5.73 Å². The van der Waals surface area contributed by atoms with Crippen LogP contribution in [0.15, 0.2) is 34.9 Å². The van der Waals surface area contributed by atoms with Crippen LogP contribution in [-0.2, 0) is 4.74 Å². The van der Waals surface area contributed by atoms with Crippen LogP contribution in [0.2, 0.25) is 0 Å². The van der Waals surface area contributed by atoms with E-state index in [1.807, 2.05) is 30.3 Å². The summed E-state index contributed by atoms with van der Waals surface area (Å²) < 4.78 is 11.2. The Labute approximate surface area is 117 Å². The topological polar surface area (TPSA) is 74.2 Å². The summed E-state index contributed by atoms with van der Waals surface area (Å²) in [5.41, 5.74) is 7.16. The first-order chi connectivity index (χ1) is 9.81. The monoisotopic (exact) mass is 271 g/mol. The molecule has 1 aromatic heterocycles. The molecule has 2 N–H and O–H groups in total. The molecule has 2 saturated heterocycles. The molecule has 1 aromatic carbocycles. The zero-order valence-electron chi connectivity index (χ0n) is 11.1. The van der Waals surface area contributed by atoms with Crippen molar-refractivity contribution in [2.45, 2.75) is 43.4 Å². The van der Waals surface area contributed by atoms with Gasteiger partial charge in [-0.1, -0.05) is 35.5 Å². The molecule has 20 heavy (non-hydrogen) atoms. The summed E-state index contributed by atoms with van der Waals surface area (Å²) in [7, 11) is 0. The lowest BCUT2D eigenvalue weighted by Crippen LogP contribution is -2.16. The summed E-state index contributed by atoms with van der Waals surface area (Å²) in [5, 5.41) is 4.12. The predicted octanol–water partition coefficient (Wildman–Crippen LogP) is 2.15. The van der Waals surface area contributed by atoms with Crippen LogP contribution in [-0.4, -0.2) is 22.3 Å². The van der Waals surface area contributed by atoms with Gasteiger partial charge in [0, 0.05) is 0 Å². The molecule has 3 heterocycles. The summed E-state index contributed by atoms with van der Waals surface area (Å²) in [5.74, 6) is 1.50. The lowest BCUT2D eigenvalue weighted by molar-refractivity contribution is 0.0996. The molecular formula is C15H17N3O2. The lowest BCUT2D eigenvalue weighted by atomic mass is 9.89. The summed E-state index contributed by atoms with van der Waals surface area (Å²) in [6, 6.07) is 9.44. The van der Waals surface area contributed by atoms with Gasteiger partial charge in [-0.25, -0.2) is 0 Å². The Bertz CT molecular complexity index is 598. The molecule has 4 unspecified atom stereocenters. The molecule has 104 valence electrons. The molecule has 5 heteroatoms. The van der Waals surface area contributed by atoms with Crippen molar-refractivity contribution in [2.75, 3.05) is 0 Å². The van der Waals surface area contributed by atoms with Crippen LogP contribution in [0.1, 0.15) is 48.5 Å². The fourth-order valence-electron chi connectivity index (χ4n) is 3.24. The van der Waals surface area contributed by atoms with Crippen molar-refractivity contribution in [1.29, 1.82) is 0 Å². The average Bonchev–Trinajstić information content (AvgIpc) is 3.23. The van der Waals surface area contributed by atoms with E-state index in [-0.39, 0.29) is 18.1 Å². The molecule has 0 spiro atoms. The lowest BCUT2D eigenvalue weighted by Gasteiger charge is -2.13. The third kappa shape index (κ3) is 1.94. The maximum absolute atomic E-state index is 6.18. The van der Waals surface area contributed by atoms with Gasteiger partial charge in [0.2, 0.25) is 5.89 Å². The molecule has 2 fully saturated rings. The first-order valence-electron chi connectivity index (χ1n) is 7.11. The van der Waals surface area contributed by atoms with Crippen molar-refractivity contribution in [1.82, 2.24) is 10.1 Å². The number of nitrogens with zero attached hydrogens (tertiary/aromatic N) is 2. The summed E-state index contributed by atoms with van der Waals surface area (Å²) in [4.78, 5) is 4.50. The zero-order valence-corrected chi connectivity index (χ0v) is 11.1. The molecule has 2 aliphatic heterocycles. The van der Waals surface area contributed by atoms with Gasteiger partial charge in [0.25, 0.3) is 0 Å². The molecule has 4 rings (SSSR count). The maximum atomic E-state index is 6.18. The number of benzene rings is 1. The molecule has 2 bridgehead atoms. The largest absolute Gasteiger partial charge is 0.374 e. The summed E-state index contributed by atoms with van der Waals surface area (Å²) in [6.45, 7) is 0. The van der Waals surface area contributed by atoms with Crippen molar-refractivity contribution in [3.05, 3.63) is 47.6 Å². The zero-order chi connectivity index (χ0) is 13.5. The third-order valence-corrected chi connectivity index (χ3v) is 4.32. The quantitative estimate of drug-likeness (QED) is 0.925. The van der Waals surface area contributed by atoms with Crippen LogP contribution in [0.4, 0.5) is 0 Å². The molecule has 5 nitrogen and oxygen atoms in total. The number of hydrogen-bond acceptors (Lipinski definition) is 5. The van der Waals surface area contributed by atoms with E-state index < -0.39 is 0 Å². The van der Waals surface area contributed by atoms with Crippen molar-refractivity contribution in [2.24, 2.45) is 5.73 Å². The SMILES string of the molecule is NC(c1ccccc1)c1nc(C2CC3CCC2O3)no1. The Kier molecular flexibility index (Phi) is 2.82. The van der Waals surface area contributed by atoms with Crippen molar-refractivity contribution < 1.29 is 9.26 Å². The Morgan fingerprint density at radius 1 is 1.20 bits per heavy atom. The number of fused-ring (bicyclic) bond motifs is 2. The Hall–Kier alpha value is -1.72. The van der Waals surface area contributed by atoms with Crippen LogP contribution in [0.25, 0.3) is 0 Å². The second kappa shape index (κ2) is 4.68. The highest BCUT2D eigenvalue weighted by Gasteiger charge is 2.43. The van der Waals surface area contributed by atoms with Gasteiger partial charge in [0.1, 0.15) is 6.04 Å². The minimum atomic E-state index is -0.364. The molecule has 0 radical (unpaired) electrons. The van der Waals surface area contributed by atoms with Crippen LogP contribution >= 0.6 is 0 Å². The van der Waals surface area contributed by atoms with Crippen molar-refractivity contribution in [3.63, 3.8) is 0 Å². The van der Waals surface area contributed by atoms with E-state index in [1.165, 1.54) is 0 Å². The number of ether oxygens (including phenoxy) is 1. The number of nitrogens with two attached hydrogens (primary N) is 1. The molecule has 0 aliphatic carbocycles. The van der Waals surface area contributed by atoms with Crippen LogP contribution in [0, 0.1) is 0 Å². The Morgan fingerprint density at radius 2 is 2.05 bits per heavy atom. The predicted molar refractivity (Wildman–Crippen MR) is 72.0 cm³/mol. The second-order valence-corrected chi connectivity index (χ2v) is 5.60. The van der Waals surface area contributed by atoms with E-state index in [9.17, 15) is 0 Å². The Balaban J connectivity index is 1.56. The van der Waals surface area contributed by atoms with Crippen LogP contribution in [0.3, 0.4) is 0 Å². The maximum Gasteiger partial charge on any atom is 0.248 e. The van der Waals surface area contributed by atoms with Gasteiger partial charge in [0.15, 0.2) is 5.82 Å². The minimum Gasteiger partial charge on any atom is -0.374 e. The molecule has 2 aliphatic rings. The van der Waals surface area contributed by atoms with E-state index in [0.717, 1.165) is 30.7 Å². The fourth-order valence-corrected chi connectivity index (χ4v) is 3.24. The normalized spacial score (nSPS) is 29.8. The van der Waals surface area contributed by atoms with E-state index in [2.05, 4.69) is 10.1 Å². The van der Waals surface area contributed by atoms with Crippen molar-refractivity contribution in [3.8, 4) is 0 Å². The number of rotatable bonds is 3. The van der Waals surface area contributed by atoms with E-state index >= 15 is 0 Å². The van der Waals surface area contributed by atoms with Gasteiger partial charge in [0.05, 0.1) is 18.1 Å². The smallest absolute Gasteiger partial charge is 0.248 e. The average molecular weight is 271 g/mol. The highest BCUT2D eigenvalue weighted by molar-refractivity contribution is 5.23. The summed E-state index contributed by atoms with van der Waals surface area (Å²) in [6.07, 6.45) is 3.91. The summed E-state index contributed by atoms with van der Waals surface area (Å²) >= 11 is 0. The number of aromatic nitrogens is 2. The highest BCUT2D eigenvalue weighted by atomic mass is 16.5. The Morgan fingerprint density at radius 3 is 2.75 bits per heavy atom. The van der Waals surface area contributed by atoms with Gasteiger partial charge < -0.3 is 15.0 Å². The standard InChI is InChI=1S/C15H17N3O2/c16-13(9-4-2-1-3-5-9)15-17-14(18-20-15)11-8-10-6-7-12(11)19-10/h1-5,10-13H,6-8,16H2. The fraction of sp³-hybridized carbons (Fsp3) is 0.467. The second-order valence-electron chi connectivity index (χ2n) is 5.60. The van der Waals surface area contributed by atoms with E-state index in [4.69, 9.17) is 15.0 Å². The molecule has 2 aromatic rings. The minimum absolute atomic E-state index is 0.262. The number of hydrogen-bond donors (Lipinski definition) is 1. The van der Waals surface area contributed by atoms with Gasteiger partial charge >= 0.3 is 0 Å². The molecule has 0 saturated carbocycles. The highest BCUT2D eigenvalue weighted by Crippen LogP contribution is 2.43. The van der Waals surface area contributed by atoms with Crippen molar-refractivity contribution >= 4 is 0 Å². The third-order valence-electron chi connectivity index (χ3n) is 4.32. The van der Waals surface area contributed by atoms with Gasteiger partial charge in [-0.15, -0.1) is 0 Å². The van der Waals surface area contributed by atoms with Gasteiger partial charge in [-0.3, -0.25) is 0 Å². The van der Waals surface area contributed by atoms with Gasteiger partial charge in [-0.05, 0) is 24.8 Å². The first-order valence-corrected chi connectivity index (χ1v) is 7.11. The molecule has 4 atom stereocenters. The molecular weight excluding hydrogens is 254 g/mol. The first kappa shape index (κ1) is 12.1.